The molecule has 0 saturated heterocycles. The van der Waals surface area contributed by atoms with Gasteiger partial charge in [-0.3, -0.25) is 0 Å². The molecule has 1 aliphatic carbocycles. The maximum Gasteiger partial charge on any atom is -0.00135 e. The maximum absolute atomic E-state index is 3.69. The van der Waals surface area contributed by atoms with Crippen molar-refractivity contribution in [3.05, 3.63) is 95.6 Å². The lowest BCUT2D eigenvalue weighted by atomic mass is 9.99. The van der Waals surface area contributed by atoms with Crippen LogP contribution in [0.3, 0.4) is 0 Å². The van der Waals surface area contributed by atoms with Gasteiger partial charge in [-0.1, -0.05) is 78.9 Å². The molecular formula is C21H20. The van der Waals surface area contributed by atoms with Crippen molar-refractivity contribution in [2.45, 2.75) is 19.8 Å². The Kier molecular flexibility index (Phi) is 3.87. The van der Waals surface area contributed by atoms with Crippen molar-refractivity contribution in [2.75, 3.05) is 0 Å². The molecule has 0 radical (unpaired) electrons. The van der Waals surface area contributed by atoms with Gasteiger partial charge in [0, 0.05) is 0 Å². The lowest BCUT2D eigenvalue weighted by Gasteiger charge is -2.06. The first kappa shape index (κ1) is 13.6. The summed E-state index contributed by atoms with van der Waals surface area (Å²) in [5.74, 6) is 0. The van der Waals surface area contributed by atoms with Gasteiger partial charge >= 0.3 is 0 Å². The molecule has 0 atom stereocenters. The highest BCUT2D eigenvalue weighted by atomic mass is 14.2. The van der Waals surface area contributed by atoms with Crippen molar-refractivity contribution >= 4 is 0 Å². The van der Waals surface area contributed by atoms with Gasteiger partial charge in [0.15, 0.2) is 0 Å². The predicted octanol–water partition coefficient (Wildman–Crippen LogP) is 5.49. The standard InChI is InChI=1S/C21H20/c1-3-4-5-8-16(2)13-17-11-12-19-15-18-9-6-7-10-20(18)21(19)14-17/h3-12,14H,1,13,15H2,2H3/b5-4-,16-8+. The Morgan fingerprint density at radius 2 is 1.86 bits per heavy atom. The summed E-state index contributed by atoms with van der Waals surface area (Å²) >= 11 is 0. The summed E-state index contributed by atoms with van der Waals surface area (Å²) in [6, 6.07) is 15.6. The monoisotopic (exact) mass is 272 g/mol. The van der Waals surface area contributed by atoms with Gasteiger partial charge < -0.3 is 0 Å². The first-order valence-electron chi connectivity index (χ1n) is 7.43. The highest BCUT2D eigenvalue weighted by molar-refractivity contribution is 5.77. The van der Waals surface area contributed by atoms with Gasteiger partial charge in [-0.15, -0.1) is 0 Å². The van der Waals surface area contributed by atoms with E-state index in [0.717, 1.165) is 12.8 Å². The van der Waals surface area contributed by atoms with E-state index in [2.05, 4.69) is 62.0 Å². The fourth-order valence-corrected chi connectivity index (χ4v) is 2.96. The van der Waals surface area contributed by atoms with Crippen molar-refractivity contribution in [1.29, 1.82) is 0 Å². The molecular weight excluding hydrogens is 252 g/mol. The first-order chi connectivity index (χ1) is 10.3. The van der Waals surface area contributed by atoms with Crippen LogP contribution in [0.4, 0.5) is 0 Å². The molecule has 0 nitrogen and oxygen atoms in total. The number of allylic oxidation sites excluding steroid dienone is 5. The molecule has 0 aromatic heterocycles. The normalized spacial score (nSPS) is 13.3. The number of benzene rings is 2. The molecule has 0 saturated carbocycles. The highest BCUT2D eigenvalue weighted by Gasteiger charge is 2.17. The molecule has 21 heavy (non-hydrogen) atoms. The summed E-state index contributed by atoms with van der Waals surface area (Å²) in [5.41, 5.74) is 8.46. The van der Waals surface area contributed by atoms with Crippen LogP contribution >= 0.6 is 0 Å². The molecule has 2 aromatic carbocycles. The predicted molar refractivity (Wildman–Crippen MR) is 91.5 cm³/mol. The van der Waals surface area contributed by atoms with Gasteiger partial charge in [0.25, 0.3) is 0 Å². The average Bonchev–Trinajstić information content (AvgIpc) is 2.86. The Hall–Kier alpha value is -2.34. The summed E-state index contributed by atoms with van der Waals surface area (Å²) in [6.45, 7) is 5.86. The van der Waals surface area contributed by atoms with E-state index in [1.54, 1.807) is 6.08 Å². The van der Waals surface area contributed by atoms with Crippen LogP contribution in [-0.2, 0) is 12.8 Å². The molecule has 1 aliphatic rings. The maximum atomic E-state index is 3.69. The molecule has 3 rings (SSSR count). The number of fused-ring (bicyclic) bond motifs is 3. The smallest absolute Gasteiger partial charge is 0.00135 e. The van der Waals surface area contributed by atoms with Gasteiger partial charge in [0.05, 0.1) is 0 Å². The molecule has 0 fully saturated rings. The van der Waals surface area contributed by atoms with E-state index < -0.39 is 0 Å². The van der Waals surface area contributed by atoms with Crippen molar-refractivity contribution in [2.24, 2.45) is 0 Å². The molecule has 0 bridgehead atoms. The van der Waals surface area contributed by atoms with Gasteiger partial charge in [-0.2, -0.15) is 0 Å². The molecule has 0 aliphatic heterocycles. The lowest BCUT2D eigenvalue weighted by Crippen LogP contribution is -1.89. The van der Waals surface area contributed by atoms with Crippen LogP contribution in [0.25, 0.3) is 11.1 Å². The van der Waals surface area contributed by atoms with Gasteiger partial charge in [-0.05, 0) is 47.6 Å². The zero-order chi connectivity index (χ0) is 14.7. The second-order valence-electron chi connectivity index (χ2n) is 5.64. The third-order valence-corrected chi connectivity index (χ3v) is 3.97. The van der Waals surface area contributed by atoms with Crippen molar-refractivity contribution in [3.63, 3.8) is 0 Å². The lowest BCUT2D eigenvalue weighted by molar-refractivity contribution is 1.14. The molecule has 2 aromatic rings. The van der Waals surface area contributed by atoms with Crippen molar-refractivity contribution in [1.82, 2.24) is 0 Å². The minimum atomic E-state index is 0.997. The van der Waals surface area contributed by atoms with Crippen molar-refractivity contribution in [3.8, 4) is 11.1 Å². The molecule has 0 amide bonds. The second-order valence-corrected chi connectivity index (χ2v) is 5.64. The van der Waals surface area contributed by atoms with Crippen LogP contribution in [0.15, 0.2) is 78.9 Å². The largest absolute Gasteiger partial charge is 0.0991 e. The van der Waals surface area contributed by atoms with E-state index in [1.807, 2.05) is 12.2 Å². The first-order valence-corrected chi connectivity index (χ1v) is 7.43. The zero-order valence-electron chi connectivity index (χ0n) is 12.5. The highest BCUT2D eigenvalue weighted by Crippen LogP contribution is 2.37. The summed E-state index contributed by atoms with van der Waals surface area (Å²) in [5, 5.41) is 0. The van der Waals surface area contributed by atoms with E-state index in [4.69, 9.17) is 0 Å². The molecule has 104 valence electrons. The quantitative estimate of drug-likeness (QED) is 0.551. The number of rotatable bonds is 4. The summed E-state index contributed by atoms with van der Waals surface area (Å²) in [6.07, 6.45) is 10.0. The van der Waals surface area contributed by atoms with Crippen LogP contribution in [0, 0.1) is 0 Å². The second kappa shape index (κ2) is 5.97. The van der Waals surface area contributed by atoms with Crippen molar-refractivity contribution < 1.29 is 0 Å². The third kappa shape index (κ3) is 2.90. The Bertz CT molecular complexity index is 729. The summed E-state index contributed by atoms with van der Waals surface area (Å²) in [7, 11) is 0. The summed E-state index contributed by atoms with van der Waals surface area (Å²) < 4.78 is 0. The topological polar surface area (TPSA) is 0 Å². The molecule has 0 spiro atoms. The molecule has 0 heteroatoms. The minimum Gasteiger partial charge on any atom is -0.0991 e. The minimum absolute atomic E-state index is 0.997. The number of hydrogen-bond donors (Lipinski definition) is 0. The van der Waals surface area contributed by atoms with Gasteiger partial charge in [0.2, 0.25) is 0 Å². The van der Waals surface area contributed by atoms with E-state index >= 15 is 0 Å². The van der Waals surface area contributed by atoms with E-state index in [0.29, 0.717) is 0 Å². The van der Waals surface area contributed by atoms with Crippen LogP contribution < -0.4 is 0 Å². The Labute approximate surface area is 127 Å². The fraction of sp³-hybridized carbons (Fsp3) is 0.143. The van der Waals surface area contributed by atoms with E-state index in [1.165, 1.54) is 33.4 Å². The van der Waals surface area contributed by atoms with Crippen LogP contribution in [-0.4, -0.2) is 0 Å². The van der Waals surface area contributed by atoms with E-state index in [9.17, 15) is 0 Å². The van der Waals surface area contributed by atoms with Crippen LogP contribution in [0.2, 0.25) is 0 Å². The van der Waals surface area contributed by atoms with Crippen LogP contribution in [0.5, 0.6) is 0 Å². The molecule has 0 heterocycles. The summed E-state index contributed by atoms with van der Waals surface area (Å²) in [4.78, 5) is 0. The van der Waals surface area contributed by atoms with E-state index in [-0.39, 0.29) is 0 Å². The molecule has 0 N–H and O–H groups in total. The van der Waals surface area contributed by atoms with Crippen LogP contribution in [0.1, 0.15) is 23.6 Å². The van der Waals surface area contributed by atoms with Gasteiger partial charge in [0.1, 0.15) is 0 Å². The number of hydrogen-bond acceptors (Lipinski definition) is 0. The fourth-order valence-electron chi connectivity index (χ4n) is 2.96. The third-order valence-electron chi connectivity index (χ3n) is 3.97. The van der Waals surface area contributed by atoms with Gasteiger partial charge in [-0.25, -0.2) is 0 Å². The Balaban J connectivity index is 1.87. The Morgan fingerprint density at radius 3 is 2.71 bits per heavy atom. The Morgan fingerprint density at radius 1 is 1.05 bits per heavy atom. The average molecular weight is 272 g/mol. The molecule has 0 unspecified atom stereocenters. The SMILES string of the molecule is C=C/C=C\C=C(/C)Cc1ccc2c(c1)-c1ccccc1C2. The zero-order valence-corrected chi connectivity index (χ0v) is 12.5.